The van der Waals surface area contributed by atoms with Crippen LogP contribution in [0.5, 0.6) is 0 Å². The summed E-state index contributed by atoms with van der Waals surface area (Å²) in [6.45, 7) is 0. The number of amides is 2. The van der Waals surface area contributed by atoms with Crippen LogP contribution in [0.2, 0.25) is 0 Å². The van der Waals surface area contributed by atoms with Gasteiger partial charge < -0.3 is 5.73 Å². The Balaban J connectivity index is 1.95. The summed E-state index contributed by atoms with van der Waals surface area (Å²) in [6.07, 6.45) is 0.985. The van der Waals surface area contributed by atoms with Crippen molar-refractivity contribution in [3.05, 3.63) is 71.8 Å². The molecule has 2 aromatic rings. The molecular formula is C19H19N3O2. The fourth-order valence-electron chi connectivity index (χ4n) is 3.16. The van der Waals surface area contributed by atoms with E-state index in [9.17, 15) is 9.59 Å². The first-order chi connectivity index (χ1) is 11.6. The van der Waals surface area contributed by atoms with Gasteiger partial charge in [-0.2, -0.15) is 5.10 Å². The van der Waals surface area contributed by atoms with Crippen molar-refractivity contribution in [2.75, 3.05) is 0 Å². The van der Waals surface area contributed by atoms with Crippen LogP contribution in [0.25, 0.3) is 0 Å². The monoisotopic (exact) mass is 321 g/mol. The number of nitrogens with one attached hydrogen (secondary N) is 1. The van der Waals surface area contributed by atoms with Gasteiger partial charge in [-0.15, -0.1) is 0 Å². The molecule has 1 aliphatic rings. The van der Waals surface area contributed by atoms with E-state index >= 15 is 0 Å². The molecule has 0 heterocycles. The van der Waals surface area contributed by atoms with Gasteiger partial charge in [0.1, 0.15) is 5.78 Å². The Morgan fingerprint density at radius 2 is 1.38 bits per heavy atom. The second-order valence-electron chi connectivity index (χ2n) is 5.89. The molecule has 5 nitrogen and oxygen atoms in total. The highest BCUT2D eigenvalue weighted by molar-refractivity contribution is 6.04. The molecule has 0 bridgehead atoms. The number of ketones is 1. The van der Waals surface area contributed by atoms with Crippen molar-refractivity contribution >= 4 is 17.5 Å². The smallest absolute Gasteiger partial charge is 0.332 e. The SMILES string of the molecule is NC(=O)NN=C1CC(c2ccccc2)C(=O)C(c2ccccc2)C1. The lowest BCUT2D eigenvalue weighted by molar-refractivity contribution is -0.122. The highest BCUT2D eigenvalue weighted by atomic mass is 16.2. The quantitative estimate of drug-likeness (QED) is 0.852. The molecule has 5 heteroatoms. The molecule has 0 aromatic heterocycles. The first-order valence-corrected chi connectivity index (χ1v) is 7.89. The molecule has 3 rings (SSSR count). The van der Waals surface area contributed by atoms with Crippen LogP contribution in [0.3, 0.4) is 0 Å². The largest absolute Gasteiger partial charge is 0.350 e. The Bertz CT molecular complexity index is 703. The van der Waals surface area contributed by atoms with Crippen LogP contribution in [0, 0.1) is 0 Å². The number of urea groups is 1. The predicted octanol–water partition coefficient (Wildman–Crippen LogP) is 2.94. The number of carbonyl (C=O) groups excluding carboxylic acids is 2. The molecule has 2 atom stereocenters. The molecule has 3 N–H and O–H groups in total. The summed E-state index contributed by atoms with van der Waals surface area (Å²) in [5.41, 5.74) is 10.1. The third-order valence-electron chi connectivity index (χ3n) is 4.29. The van der Waals surface area contributed by atoms with Gasteiger partial charge in [0.2, 0.25) is 0 Å². The number of nitrogens with two attached hydrogens (primary N) is 1. The number of hydrogen-bond donors (Lipinski definition) is 2. The van der Waals surface area contributed by atoms with E-state index in [4.69, 9.17) is 5.73 Å². The van der Waals surface area contributed by atoms with Crippen molar-refractivity contribution in [1.29, 1.82) is 0 Å². The van der Waals surface area contributed by atoms with E-state index in [1.54, 1.807) is 0 Å². The van der Waals surface area contributed by atoms with E-state index in [0.717, 1.165) is 16.8 Å². The second kappa shape index (κ2) is 7.08. The molecule has 0 aliphatic heterocycles. The number of Topliss-reactive ketones (excluding diaryl/α,β-unsaturated/α-hetero) is 1. The predicted molar refractivity (Wildman–Crippen MR) is 92.8 cm³/mol. The highest BCUT2D eigenvalue weighted by Crippen LogP contribution is 2.37. The molecular weight excluding hydrogens is 302 g/mol. The average molecular weight is 321 g/mol. The van der Waals surface area contributed by atoms with Crippen LogP contribution >= 0.6 is 0 Å². The van der Waals surface area contributed by atoms with Crippen molar-refractivity contribution in [1.82, 2.24) is 5.43 Å². The first kappa shape index (κ1) is 15.9. The van der Waals surface area contributed by atoms with E-state index in [1.165, 1.54) is 0 Å². The zero-order valence-electron chi connectivity index (χ0n) is 13.2. The summed E-state index contributed by atoms with van der Waals surface area (Å²) in [7, 11) is 0. The standard InChI is InChI=1S/C19H19N3O2/c20-19(24)22-21-15-11-16(13-7-3-1-4-8-13)18(23)17(12-15)14-9-5-2-6-10-14/h1-10,16-17H,11-12H2,(H3,20,22,24). The lowest BCUT2D eigenvalue weighted by Gasteiger charge is -2.29. The molecule has 1 fully saturated rings. The van der Waals surface area contributed by atoms with Crippen molar-refractivity contribution < 1.29 is 9.59 Å². The number of carbonyl (C=O) groups is 2. The zero-order valence-corrected chi connectivity index (χ0v) is 13.2. The van der Waals surface area contributed by atoms with Crippen molar-refractivity contribution in [2.45, 2.75) is 24.7 Å². The van der Waals surface area contributed by atoms with Crippen LogP contribution in [-0.2, 0) is 4.79 Å². The number of primary amides is 1. The molecule has 0 radical (unpaired) electrons. The minimum atomic E-state index is -0.702. The fraction of sp³-hybridized carbons (Fsp3) is 0.211. The van der Waals surface area contributed by atoms with Gasteiger partial charge in [-0.1, -0.05) is 60.7 Å². The first-order valence-electron chi connectivity index (χ1n) is 7.89. The number of hydrogen-bond acceptors (Lipinski definition) is 3. The van der Waals surface area contributed by atoms with Crippen molar-refractivity contribution in [3.63, 3.8) is 0 Å². The number of benzene rings is 2. The van der Waals surface area contributed by atoms with Gasteiger partial charge >= 0.3 is 6.03 Å². The molecule has 2 aromatic carbocycles. The molecule has 122 valence electrons. The average Bonchev–Trinajstić information content (AvgIpc) is 2.62. The van der Waals surface area contributed by atoms with E-state index < -0.39 is 6.03 Å². The lowest BCUT2D eigenvalue weighted by Crippen LogP contribution is -2.33. The van der Waals surface area contributed by atoms with Gasteiger partial charge in [0.05, 0.1) is 0 Å². The summed E-state index contributed by atoms with van der Waals surface area (Å²) in [4.78, 5) is 24.0. The van der Waals surface area contributed by atoms with Gasteiger partial charge in [-0.3, -0.25) is 4.79 Å². The van der Waals surface area contributed by atoms with E-state index in [1.807, 2.05) is 60.7 Å². The minimum Gasteiger partial charge on any atom is -0.350 e. The number of hydrazone groups is 1. The van der Waals surface area contributed by atoms with E-state index in [0.29, 0.717) is 12.8 Å². The molecule has 0 spiro atoms. The van der Waals surface area contributed by atoms with Gasteiger partial charge in [0.15, 0.2) is 0 Å². The van der Waals surface area contributed by atoms with Crippen LogP contribution in [0.15, 0.2) is 65.8 Å². The number of nitrogens with zero attached hydrogens (tertiary/aromatic N) is 1. The van der Waals surface area contributed by atoms with Crippen LogP contribution in [0.1, 0.15) is 35.8 Å². The Labute approximate surface area is 140 Å². The van der Waals surface area contributed by atoms with Crippen LogP contribution < -0.4 is 11.2 Å². The summed E-state index contributed by atoms with van der Waals surface area (Å²) < 4.78 is 0. The molecule has 24 heavy (non-hydrogen) atoms. The minimum absolute atomic E-state index is 0.186. The van der Waals surface area contributed by atoms with Crippen molar-refractivity contribution in [2.24, 2.45) is 10.8 Å². The van der Waals surface area contributed by atoms with Crippen molar-refractivity contribution in [3.8, 4) is 0 Å². The Hall–Kier alpha value is -2.95. The normalized spacial score (nSPS) is 20.5. The molecule has 1 saturated carbocycles. The summed E-state index contributed by atoms with van der Waals surface area (Å²) in [5.74, 6) is -0.345. The zero-order chi connectivity index (χ0) is 16.9. The van der Waals surface area contributed by atoms with Crippen LogP contribution in [-0.4, -0.2) is 17.5 Å². The maximum atomic E-state index is 13.0. The number of rotatable bonds is 3. The van der Waals surface area contributed by atoms with Gasteiger partial charge in [-0.25, -0.2) is 10.2 Å². The third-order valence-corrected chi connectivity index (χ3v) is 4.29. The summed E-state index contributed by atoms with van der Waals surface area (Å²) in [5, 5.41) is 4.11. The van der Waals surface area contributed by atoms with Gasteiger partial charge in [0, 0.05) is 30.4 Å². The summed E-state index contributed by atoms with van der Waals surface area (Å²) >= 11 is 0. The maximum absolute atomic E-state index is 13.0. The third kappa shape index (κ3) is 3.51. The van der Waals surface area contributed by atoms with E-state index in [2.05, 4.69) is 10.5 Å². The topological polar surface area (TPSA) is 84.6 Å². The maximum Gasteiger partial charge on any atom is 0.332 e. The Kier molecular flexibility index (Phi) is 4.70. The Morgan fingerprint density at radius 3 is 1.79 bits per heavy atom. The lowest BCUT2D eigenvalue weighted by atomic mass is 9.73. The van der Waals surface area contributed by atoms with Gasteiger partial charge in [-0.05, 0) is 11.1 Å². The van der Waals surface area contributed by atoms with Crippen LogP contribution in [0.4, 0.5) is 4.79 Å². The molecule has 0 saturated heterocycles. The molecule has 2 unspecified atom stereocenters. The summed E-state index contributed by atoms with van der Waals surface area (Å²) in [6, 6.07) is 18.7. The molecule has 1 aliphatic carbocycles. The fourth-order valence-corrected chi connectivity index (χ4v) is 3.16. The molecule has 2 amide bonds. The highest BCUT2D eigenvalue weighted by Gasteiger charge is 2.36. The Morgan fingerprint density at radius 1 is 0.917 bits per heavy atom. The second-order valence-corrected chi connectivity index (χ2v) is 5.89. The van der Waals surface area contributed by atoms with E-state index in [-0.39, 0.29) is 17.6 Å². The van der Waals surface area contributed by atoms with Gasteiger partial charge in [0.25, 0.3) is 0 Å².